The van der Waals surface area contributed by atoms with Crippen LogP contribution < -0.4 is 15.7 Å². The van der Waals surface area contributed by atoms with E-state index in [0.29, 0.717) is 11.6 Å². The van der Waals surface area contributed by atoms with E-state index in [1.54, 1.807) is 13.1 Å². The standard InChI is InChI=1S/C17H22N4O2/c1-3-4-5-10-23-15-8-6-14(7-9-15)12-18-21-17-19-13(2)11-16(22)20-17/h6-9,11-12H,3-5,10H2,1-2H3,(H2,19,20,21,22). The van der Waals surface area contributed by atoms with Crippen molar-refractivity contribution in [2.24, 2.45) is 5.10 Å². The Labute approximate surface area is 135 Å². The van der Waals surface area contributed by atoms with Crippen LogP contribution in [0.1, 0.15) is 37.4 Å². The Kier molecular flexibility index (Phi) is 6.35. The Balaban J connectivity index is 1.86. The molecule has 6 heteroatoms. The van der Waals surface area contributed by atoms with Crippen LogP contribution in [0.15, 0.2) is 40.2 Å². The van der Waals surface area contributed by atoms with Crippen LogP contribution in [0.2, 0.25) is 0 Å². The minimum Gasteiger partial charge on any atom is -0.494 e. The molecule has 0 bridgehead atoms. The van der Waals surface area contributed by atoms with Crippen molar-refractivity contribution in [1.29, 1.82) is 0 Å². The summed E-state index contributed by atoms with van der Waals surface area (Å²) in [6.45, 7) is 4.67. The van der Waals surface area contributed by atoms with Crippen LogP contribution in [0.4, 0.5) is 5.95 Å². The van der Waals surface area contributed by atoms with E-state index in [0.717, 1.165) is 24.3 Å². The van der Waals surface area contributed by atoms with Crippen molar-refractivity contribution in [2.75, 3.05) is 12.0 Å². The van der Waals surface area contributed by atoms with Crippen molar-refractivity contribution < 1.29 is 4.74 Å². The van der Waals surface area contributed by atoms with E-state index in [-0.39, 0.29) is 5.56 Å². The highest BCUT2D eigenvalue weighted by molar-refractivity contribution is 5.80. The number of rotatable bonds is 8. The quantitative estimate of drug-likeness (QED) is 0.446. The maximum atomic E-state index is 11.3. The first-order chi connectivity index (χ1) is 11.2. The van der Waals surface area contributed by atoms with Gasteiger partial charge in [-0.3, -0.25) is 9.78 Å². The Hall–Kier alpha value is -2.63. The fourth-order valence-corrected chi connectivity index (χ4v) is 1.99. The van der Waals surface area contributed by atoms with Gasteiger partial charge in [-0.05, 0) is 43.2 Å². The first-order valence-electron chi connectivity index (χ1n) is 7.77. The first kappa shape index (κ1) is 16.7. The lowest BCUT2D eigenvalue weighted by Gasteiger charge is -2.05. The van der Waals surface area contributed by atoms with Crippen molar-refractivity contribution in [1.82, 2.24) is 9.97 Å². The Morgan fingerprint density at radius 2 is 2.09 bits per heavy atom. The van der Waals surface area contributed by atoms with Gasteiger partial charge in [-0.1, -0.05) is 19.8 Å². The summed E-state index contributed by atoms with van der Waals surface area (Å²) in [6.07, 6.45) is 5.10. The third-order valence-corrected chi connectivity index (χ3v) is 3.15. The van der Waals surface area contributed by atoms with Gasteiger partial charge in [0.25, 0.3) is 5.56 Å². The molecule has 0 spiro atoms. The third-order valence-electron chi connectivity index (χ3n) is 3.15. The monoisotopic (exact) mass is 314 g/mol. The second-order valence-electron chi connectivity index (χ2n) is 5.23. The fraction of sp³-hybridized carbons (Fsp3) is 0.353. The highest BCUT2D eigenvalue weighted by Gasteiger charge is 1.96. The fourth-order valence-electron chi connectivity index (χ4n) is 1.99. The number of hydrogen-bond acceptors (Lipinski definition) is 5. The number of unbranched alkanes of at least 4 members (excludes halogenated alkanes) is 2. The van der Waals surface area contributed by atoms with E-state index in [1.807, 2.05) is 24.3 Å². The Morgan fingerprint density at radius 3 is 2.78 bits per heavy atom. The molecule has 0 saturated carbocycles. The van der Waals surface area contributed by atoms with Gasteiger partial charge < -0.3 is 4.74 Å². The van der Waals surface area contributed by atoms with Crippen LogP contribution in [-0.2, 0) is 0 Å². The second kappa shape index (κ2) is 8.73. The highest BCUT2D eigenvalue weighted by atomic mass is 16.5. The zero-order valence-electron chi connectivity index (χ0n) is 13.5. The predicted molar refractivity (Wildman–Crippen MR) is 92.3 cm³/mol. The predicted octanol–water partition coefficient (Wildman–Crippen LogP) is 3.09. The van der Waals surface area contributed by atoms with Crippen molar-refractivity contribution in [3.8, 4) is 5.75 Å². The molecule has 1 heterocycles. The molecule has 2 N–H and O–H groups in total. The molecule has 2 aromatic rings. The van der Waals surface area contributed by atoms with Crippen molar-refractivity contribution in [3.63, 3.8) is 0 Å². The van der Waals surface area contributed by atoms with Crippen LogP contribution in [0.5, 0.6) is 5.75 Å². The van der Waals surface area contributed by atoms with E-state index in [4.69, 9.17) is 4.74 Å². The molecule has 2 rings (SSSR count). The maximum absolute atomic E-state index is 11.3. The number of aryl methyl sites for hydroxylation is 1. The number of H-pyrrole nitrogens is 1. The first-order valence-corrected chi connectivity index (χ1v) is 7.77. The summed E-state index contributed by atoms with van der Waals surface area (Å²) in [4.78, 5) is 18.0. The topological polar surface area (TPSA) is 79.4 Å². The molecule has 0 amide bonds. The van der Waals surface area contributed by atoms with E-state index >= 15 is 0 Å². The van der Waals surface area contributed by atoms with Crippen molar-refractivity contribution in [2.45, 2.75) is 33.1 Å². The number of anilines is 1. The molecule has 23 heavy (non-hydrogen) atoms. The minimum absolute atomic E-state index is 0.209. The SMILES string of the molecule is CCCCCOc1ccc(C=NNc2nc(C)cc(=O)[nH]2)cc1. The molecular formula is C17H22N4O2. The third kappa shape index (κ3) is 5.94. The lowest BCUT2D eigenvalue weighted by molar-refractivity contribution is 0.306. The number of ether oxygens (including phenoxy) is 1. The molecule has 0 aliphatic heterocycles. The molecule has 0 unspecified atom stereocenters. The molecule has 0 aliphatic rings. The second-order valence-corrected chi connectivity index (χ2v) is 5.23. The smallest absolute Gasteiger partial charge is 0.252 e. The molecule has 0 atom stereocenters. The van der Waals surface area contributed by atoms with Crippen molar-refractivity contribution >= 4 is 12.2 Å². The molecule has 0 fully saturated rings. The number of hydrazone groups is 1. The molecule has 122 valence electrons. The van der Waals surface area contributed by atoms with E-state index < -0.39 is 0 Å². The molecule has 0 saturated heterocycles. The van der Waals surface area contributed by atoms with Gasteiger partial charge in [0, 0.05) is 11.8 Å². The molecule has 1 aromatic carbocycles. The molecule has 6 nitrogen and oxygen atoms in total. The van der Waals surface area contributed by atoms with Gasteiger partial charge in [-0.15, -0.1) is 0 Å². The number of aromatic nitrogens is 2. The summed E-state index contributed by atoms with van der Waals surface area (Å²) in [7, 11) is 0. The number of benzene rings is 1. The maximum Gasteiger partial charge on any atom is 0.252 e. The summed E-state index contributed by atoms with van der Waals surface area (Å²) < 4.78 is 5.65. The average Bonchev–Trinajstić information content (AvgIpc) is 2.52. The van der Waals surface area contributed by atoms with Gasteiger partial charge in [-0.25, -0.2) is 10.4 Å². The van der Waals surface area contributed by atoms with Crippen molar-refractivity contribution in [3.05, 3.63) is 51.9 Å². The molecule has 1 aromatic heterocycles. The zero-order chi connectivity index (χ0) is 16.5. The Bertz CT molecular complexity index is 692. The zero-order valence-corrected chi connectivity index (χ0v) is 13.5. The van der Waals surface area contributed by atoms with Gasteiger partial charge >= 0.3 is 0 Å². The Morgan fingerprint density at radius 1 is 1.30 bits per heavy atom. The molecule has 0 aliphatic carbocycles. The van der Waals surface area contributed by atoms with Gasteiger partial charge in [0.1, 0.15) is 5.75 Å². The normalized spacial score (nSPS) is 10.9. The summed E-state index contributed by atoms with van der Waals surface area (Å²) in [5.74, 6) is 1.18. The summed E-state index contributed by atoms with van der Waals surface area (Å²) in [6, 6.07) is 9.10. The summed E-state index contributed by atoms with van der Waals surface area (Å²) in [5.41, 5.74) is 4.06. The minimum atomic E-state index is -0.209. The number of nitrogens with one attached hydrogen (secondary N) is 2. The van der Waals surface area contributed by atoms with E-state index in [2.05, 4.69) is 27.4 Å². The van der Waals surface area contributed by atoms with Gasteiger partial charge in [0.05, 0.1) is 12.8 Å². The van der Waals surface area contributed by atoms with Gasteiger partial charge in [0.15, 0.2) is 0 Å². The highest BCUT2D eigenvalue weighted by Crippen LogP contribution is 2.12. The summed E-state index contributed by atoms with van der Waals surface area (Å²) in [5, 5.41) is 4.06. The van der Waals surface area contributed by atoms with E-state index in [1.165, 1.54) is 18.9 Å². The number of nitrogens with zero attached hydrogens (tertiary/aromatic N) is 2. The molecular weight excluding hydrogens is 292 g/mol. The average molecular weight is 314 g/mol. The largest absolute Gasteiger partial charge is 0.494 e. The molecule has 0 radical (unpaired) electrons. The van der Waals surface area contributed by atoms with Gasteiger partial charge in [-0.2, -0.15) is 5.10 Å². The van der Waals surface area contributed by atoms with Crippen LogP contribution >= 0.6 is 0 Å². The van der Waals surface area contributed by atoms with Crippen LogP contribution in [0.3, 0.4) is 0 Å². The summed E-state index contributed by atoms with van der Waals surface area (Å²) >= 11 is 0. The lowest BCUT2D eigenvalue weighted by atomic mass is 10.2. The van der Waals surface area contributed by atoms with Crippen LogP contribution in [0, 0.1) is 6.92 Å². The van der Waals surface area contributed by atoms with Crippen LogP contribution in [0.25, 0.3) is 0 Å². The number of aromatic amines is 1. The van der Waals surface area contributed by atoms with Crippen LogP contribution in [-0.4, -0.2) is 22.8 Å². The van der Waals surface area contributed by atoms with Gasteiger partial charge in [0.2, 0.25) is 5.95 Å². The lowest BCUT2D eigenvalue weighted by Crippen LogP contribution is -2.10. The van der Waals surface area contributed by atoms with E-state index in [9.17, 15) is 4.79 Å². The number of hydrogen-bond donors (Lipinski definition) is 2.